The van der Waals surface area contributed by atoms with Gasteiger partial charge >= 0.3 is 6.18 Å². The summed E-state index contributed by atoms with van der Waals surface area (Å²) < 4.78 is 77.4. The van der Waals surface area contributed by atoms with Crippen molar-refractivity contribution < 1.29 is 26.3 Å². The monoisotopic (exact) mass is 314 g/mol. The molecule has 0 unspecified atom stereocenters. The highest BCUT2D eigenvalue weighted by Crippen LogP contribution is 2.35. The van der Waals surface area contributed by atoms with E-state index in [1.54, 1.807) is 0 Å². The van der Waals surface area contributed by atoms with Crippen LogP contribution >= 0.6 is 11.6 Å². The first-order chi connectivity index (χ1) is 9.12. The first-order valence-corrected chi connectivity index (χ1v) is 5.48. The fraction of sp³-hybridized carbons (Fsp3) is 0.182. The van der Waals surface area contributed by atoms with Crippen molar-refractivity contribution in [3.05, 3.63) is 46.0 Å². The highest BCUT2D eigenvalue weighted by Gasteiger charge is 2.37. The van der Waals surface area contributed by atoms with Gasteiger partial charge in [0.05, 0.1) is 5.69 Å². The first kappa shape index (κ1) is 14.7. The van der Waals surface area contributed by atoms with Gasteiger partial charge in [0.25, 0.3) is 0 Å². The summed E-state index contributed by atoms with van der Waals surface area (Å²) in [6, 6.07) is 0.994. The molecule has 0 fully saturated rings. The Morgan fingerprint density at radius 2 is 1.60 bits per heavy atom. The molecule has 0 spiro atoms. The van der Waals surface area contributed by atoms with Crippen molar-refractivity contribution in [1.29, 1.82) is 0 Å². The van der Waals surface area contributed by atoms with Gasteiger partial charge in [0, 0.05) is 17.7 Å². The van der Waals surface area contributed by atoms with Gasteiger partial charge in [0.15, 0.2) is 23.1 Å². The average Bonchev–Trinajstić information content (AvgIpc) is 2.62. The highest BCUT2D eigenvalue weighted by molar-refractivity contribution is 6.30. The lowest BCUT2D eigenvalue weighted by molar-refractivity contribution is -0.141. The molecule has 2 rings (SSSR count). The van der Waals surface area contributed by atoms with Crippen LogP contribution in [0.1, 0.15) is 11.3 Å². The lowest BCUT2D eigenvalue weighted by Crippen LogP contribution is -2.09. The fourth-order valence-corrected chi connectivity index (χ4v) is 1.81. The van der Waals surface area contributed by atoms with Crippen LogP contribution < -0.4 is 0 Å². The van der Waals surface area contributed by atoms with E-state index >= 15 is 0 Å². The van der Waals surface area contributed by atoms with Crippen molar-refractivity contribution in [2.24, 2.45) is 0 Å². The molecule has 1 aromatic heterocycles. The van der Waals surface area contributed by atoms with E-state index in [-0.39, 0.29) is 0 Å². The van der Waals surface area contributed by atoms with Crippen LogP contribution in [-0.2, 0) is 6.18 Å². The maximum Gasteiger partial charge on any atom is 0.435 e. The zero-order valence-electron chi connectivity index (χ0n) is 9.69. The lowest BCUT2D eigenvalue weighted by atomic mass is 10.2. The molecule has 0 atom stereocenters. The van der Waals surface area contributed by atoms with Crippen molar-refractivity contribution in [1.82, 2.24) is 9.78 Å². The van der Waals surface area contributed by atoms with E-state index in [0.29, 0.717) is 16.8 Å². The normalized spacial score (nSPS) is 12.0. The minimum Gasteiger partial charge on any atom is -0.221 e. The second-order valence-corrected chi connectivity index (χ2v) is 4.26. The zero-order chi connectivity index (χ0) is 15.2. The van der Waals surface area contributed by atoms with E-state index < -0.39 is 45.7 Å². The number of hydrogen-bond acceptors (Lipinski definition) is 1. The van der Waals surface area contributed by atoms with Gasteiger partial charge in [-0.25, -0.2) is 17.9 Å². The fourth-order valence-electron chi connectivity index (χ4n) is 1.58. The van der Waals surface area contributed by atoms with Gasteiger partial charge in [-0.15, -0.1) is 0 Å². The summed E-state index contributed by atoms with van der Waals surface area (Å²) >= 11 is 5.66. The molecule has 0 N–H and O–H groups in total. The quantitative estimate of drug-likeness (QED) is 0.568. The van der Waals surface area contributed by atoms with Crippen LogP contribution in [0.4, 0.5) is 26.3 Å². The standard InChI is InChI=1S/C11H5ClF6N2/c1-4-9(11(16,17)18)19-20(10(4)12)5-2-6(13)8(15)7(14)3-5/h2-3H,1H3. The Hall–Kier alpha value is -1.70. The Balaban J connectivity index is 2.66. The van der Waals surface area contributed by atoms with Gasteiger partial charge in [0.2, 0.25) is 0 Å². The lowest BCUT2D eigenvalue weighted by Gasteiger charge is -2.05. The second kappa shape index (κ2) is 4.69. The number of nitrogens with zero attached hydrogens (tertiary/aromatic N) is 2. The van der Waals surface area contributed by atoms with E-state index in [2.05, 4.69) is 5.10 Å². The molecule has 0 bridgehead atoms. The molecule has 1 heterocycles. The number of rotatable bonds is 1. The van der Waals surface area contributed by atoms with Crippen LogP contribution in [0.5, 0.6) is 0 Å². The molecule has 0 aliphatic rings. The molecule has 108 valence electrons. The summed E-state index contributed by atoms with van der Waals surface area (Å²) in [6.45, 7) is 1.06. The topological polar surface area (TPSA) is 17.8 Å². The Bertz CT molecular complexity index is 653. The van der Waals surface area contributed by atoms with E-state index in [0.717, 1.165) is 6.92 Å². The van der Waals surface area contributed by atoms with Crippen LogP contribution in [0.3, 0.4) is 0 Å². The molecule has 0 amide bonds. The molecule has 9 heteroatoms. The minimum atomic E-state index is -4.77. The van der Waals surface area contributed by atoms with Crippen LogP contribution in [0, 0.1) is 24.4 Å². The zero-order valence-corrected chi connectivity index (χ0v) is 10.5. The molecule has 1 aromatic carbocycles. The summed E-state index contributed by atoms with van der Waals surface area (Å²) in [6.07, 6.45) is -4.77. The van der Waals surface area contributed by atoms with Crippen molar-refractivity contribution in [3.8, 4) is 5.69 Å². The van der Waals surface area contributed by atoms with Gasteiger partial charge in [0.1, 0.15) is 5.15 Å². The third kappa shape index (κ3) is 2.35. The Kier molecular flexibility index (Phi) is 3.45. The Labute approximate surface area is 113 Å². The summed E-state index contributed by atoms with van der Waals surface area (Å²) in [5.41, 5.74) is -2.14. The van der Waals surface area contributed by atoms with Gasteiger partial charge in [-0.2, -0.15) is 18.3 Å². The molecule has 0 saturated carbocycles. The predicted molar refractivity (Wildman–Crippen MR) is 58.2 cm³/mol. The highest BCUT2D eigenvalue weighted by atomic mass is 35.5. The van der Waals surface area contributed by atoms with E-state index in [1.807, 2.05) is 0 Å². The smallest absolute Gasteiger partial charge is 0.221 e. The molecule has 2 aromatic rings. The summed E-state index contributed by atoms with van der Waals surface area (Å²) in [5.74, 6) is -4.85. The number of benzene rings is 1. The summed E-state index contributed by atoms with van der Waals surface area (Å²) in [5, 5.41) is 2.70. The first-order valence-electron chi connectivity index (χ1n) is 5.10. The van der Waals surface area contributed by atoms with Gasteiger partial charge in [-0.05, 0) is 6.92 Å². The number of hydrogen-bond donors (Lipinski definition) is 0. The second-order valence-electron chi connectivity index (χ2n) is 3.90. The molecular formula is C11H5ClF6N2. The number of halogens is 7. The Morgan fingerprint density at radius 1 is 1.10 bits per heavy atom. The predicted octanol–water partition coefficient (Wildman–Crippen LogP) is 4.27. The van der Waals surface area contributed by atoms with Crippen LogP contribution in [-0.4, -0.2) is 9.78 Å². The molecule has 0 aliphatic heterocycles. The van der Waals surface area contributed by atoms with Gasteiger partial charge in [-0.3, -0.25) is 0 Å². The van der Waals surface area contributed by atoms with Crippen LogP contribution in [0.25, 0.3) is 5.69 Å². The molecule has 0 saturated heterocycles. The van der Waals surface area contributed by atoms with Crippen molar-refractivity contribution in [2.45, 2.75) is 13.1 Å². The van der Waals surface area contributed by atoms with E-state index in [4.69, 9.17) is 11.6 Å². The van der Waals surface area contributed by atoms with E-state index in [1.165, 1.54) is 0 Å². The van der Waals surface area contributed by atoms with Crippen LogP contribution in [0.15, 0.2) is 12.1 Å². The molecule has 0 aliphatic carbocycles. The third-order valence-electron chi connectivity index (χ3n) is 2.53. The maximum absolute atomic E-state index is 13.1. The molecular weight excluding hydrogens is 310 g/mol. The van der Waals surface area contributed by atoms with Gasteiger partial charge < -0.3 is 0 Å². The number of aromatic nitrogens is 2. The molecule has 0 radical (unpaired) electrons. The molecule has 2 nitrogen and oxygen atoms in total. The summed E-state index contributed by atoms with van der Waals surface area (Å²) in [4.78, 5) is 0. The summed E-state index contributed by atoms with van der Waals surface area (Å²) in [7, 11) is 0. The van der Waals surface area contributed by atoms with E-state index in [9.17, 15) is 26.3 Å². The Morgan fingerprint density at radius 3 is 2.00 bits per heavy atom. The van der Waals surface area contributed by atoms with Crippen molar-refractivity contribution in [2.75, 3.05) is 0 Å². The van der Waals surface area contributed by atoms with Crippen LogP contribution in [0.2, 0.25) is 5.15 Å². The van der Waals surface area contributed by atoms with Crippen molar-refractivity contribution >= 4 is 11.6 Å². The largest absolute Gasteiger partial charge is 0.435 e. The SMILES string of the molecule is Cc1c(C(F)(F)F)nn(-c2cc(F)c(F)c(F)c2)c1Cl. The average molecular weight is 315 g/mol. The van der Waals surface area contributed by atoms with Crippen molar-refractivity contribution in [3.63, 3.8) is 0 Å². The minimum absolute atomic E-state index is 0.399. The maximum atomic E-state index is 13.1. The number of alkyl halides is 3. The molecule has 20 heavy (non-hydrogen) atoms. The van der Waals surface area contributed by atoms with Gasteiger partial charge in [-0.1, -0.05) is 11.6 Å². The third-order valence-corrected chi connectivity index (χ3v) is 2.98.